The molecule has 1 atom stereocenters. The molecule has 1 amide bonds. The van der Waals surface area contributed by atoms with Crippen LogP contribution in [0.5, 0.6) is 0 Å². The normalized spacial score (nSPS) is 20.0. The van der Waals surface area contributed by atoms with Crippen LogP contribution in [0.3, 0.4) is 0 Å². The van der Waals surface area contributed by atoms with E-state index in [-0.39, 0.29) is 29.7 Å². The number of amides is 1. The van der Waals surface area contributed by atoms with Gasteiger partial charge in [-0.3, -0.25) is 4.79 Å². The van der Waals surface area contributed by atoms with Crippen molar-refractivity contribution in [1.82, 2.24) is 15.3 Å². The molecule has 2 N–H and O–H groups in total. The summed E-state index contributed by atoms with van der Waals surface area (Å²) in [7, 11) is 3.92. The fourth-order valence-electron chi connectivity index (χ4n) is 3.69. The van der Waals surface area contributed by atoms with E-state index in [2.05, 4.69) is 20.6 Å². The number of hydrogen-bond acceptors (Lipinski definition) is 5. The summed E-state index contributed by atoms with van der Waals surface area (Å²) in [6, 6.07) is 8.35. The van der Waals surface area contributed by atoms with Gasteiger partial charge in [0.05, 0.1) is 6.04 Å². The van der Waals surface area contributed by atoms with Crippen molar-refractivity contribution in [3.63, 3.8) is 0 Å². The number of benzene rings is 1. The molecule has 1 aliphatic carbocycles. The highest BCUT2D eigenvalue weighted by Crippen LogP contribution is 2.27. The van der Waals surface area contributed by atoms with Gasteiger partial charge in [-0.05, 0) is 57.2 Å². The fraction of sp³-hybridized carbons (Fsp3) is 0.500. The third-order valence-electron chi connectivity index (χ3n) is 5.46. The van der Waals surface area contributed by atoms with Gasteiger partial charge in [-0.2, -0.15) is 4.98 Å². The fourth-order valence-corrected chi connectivity index (χ4v) is 3.69. The Balaban J connectivity index is 1.51. The molecule has 1 fully saturated rings. The standard InChI is InChI=1S/C22H30FN5O/c1-14-13-20(28(3)4)27-22(24-14)26-19-11-7-17(8-12-19)21(29)25-15(2)16-5-9-18(23)10-6-16/h5-6,9-10,13,15,17,19H,7-8,11-12H2,1-4H3,(H,25,29)(H,24,26,27)/t15-,17-,19+/m1/s1. The minimum Gasteiger partial charge on any atom is -0.363 e. The van der Waals surface area contributed by atoms with E-state index < -0.39 is 0 Å². The predicted octanol–water partition coefficient (Wildman–Crippen LogP) is 3.84. The highest BCUT2D eigenvalue weighted by molar-refractivity contribution is 5.79. The van der Waals surface area contributed by atoms with Gasteiger partial charge in [0, 0.05) is 37.8 Å². The summed E-state index contributed by atoms with van der Waals surface area (Å²) >= 11 is 0. The zero-order valence-corrected chi connectivity index (χ0v) is 17.6. The van der Waals surface area contributed by atoms with E-state index in [1.165, 1.54) is 12.1 Å². The topological polar surface area (TPSA) is 70.2 Å². The number of carbonyl (C=O) groups excluding carboxylic acids is 1. The van der Waals surface area contributed by atoms with E-state index in [0.29, 0.717) is 5.95 Å². The zero-order valence-electron chi connectivity index (χ0n) is 17.6. The molecule has 0 aliphatic heterocycles. The zero-order chi connectivity index (χ0) is 21.0. The highest BCUT2D eigenvalue weighted by Gasteiger charge is 2.27. The molecule has 6 nitrogen and oxygen atoms in total. The van der Waals surface area contributed by atoms with Crippen LogP contribution in [-0.4, -0.2) is 36.0 Å². The molecule has 1 aliphatic rings. The lowest BCUT2D eigenvalue weighted by molar-refractivity contribution is -0.126. The number of aryl methyl sites for hydroxylation is 1. The second-order valence-electron chi connectivity index (χ2n) is 8.06. The van der Waals surface area contributed by atoms with Crippen molar-refractivity contribution in [3.05, 3.63) is 47.4 Å². The summed E-state index contributed by atoms with van der Waals surface area (Å²) in [6.45, 7) is 3.89. The van der Waals surface area contributed by atoms with Gasteiger partial charge in [-0.25, -0.2) is 9.37 Å². The Labute approximate surface area is 171 Å². The van der Waals surface area contributed by atoms with Crippen molar-refractivity contribution >= 4 is 17.7 Å². The molecule has 1 aromatic carbocycles. The molecule has 0 unspecified atom stereocenters. The van der Waals surface area contributed by atoms with Crippen LogP contribution in [-0.2, 0) is 4.79 Å². The first-order valence-corrected chi connectivity index (χ1v) is 10.2. The number of hydrogen-bond donors (Lipinski definition) is 2. The van der Waals surface area contributed by atoms with Gasteiger partial charge in [0.15, 0.2) is 0 Å². The second kappa shape index (κ2) is 9.20. The smallest absolute Gasteiger partial charge is 0.225 e. The number of aromatic nitrogens is 2. The van der Waals surface area contributed by atoms with Crippen LogP contribution in [0.4, 0.5) is 16.2 Å². The first kappa shape index (κ1) is 21.0. The second-order valence-corrected chi connectivity index (χ2v) is 8.06. The summed E-state index contributed by atoms with van der Waals surface area (Å²) < 4.78 is 13.1. The van der Waals surface area contributed by atoms with Gasteiger partial charge in [0.25, 0.3) is 0 Å². The van der Waals surface area contributed by atoms with E-state index in [4.69, 9.17) is 0 Å². The number of rotatable bonds is 6. The molecule has 0 radical (unpaired) electrons. The lowest BCUT2D eigenvalue weighted by Crippen LogP contribution is -2.37. The Morgan fingerprint density at radius 3 is 2.41 bits per heavy atom. The van der Waals surface area contributed by atoms with Gasteiger partial charge in [-0.1, -0.05) is 12.1 Å². The van der Waals surface area contributed by atoms with E-state index >= 15 is 0 Å². The molecule has 1 heterocycles. The molecule has 0 spiro atoms. The molecule has 3 rings (SSSR count). The first-order chi connectivity index (χ1) is 13.8. The molecule has 1 saturated carbocycles. The minimum atomic E-state index is -0.270. The van der Waals surface area contributed by atoms with Crippen molar-refractivity contribution in [1.29, 1.82) is 0 Å². The Hall–Kier alpha value is -2.70. The van der Waals surface area contributed by atoms with Crippen LogP contribution in [0.2, 0.25) is 0 Å². The third-order valence-corrected chi connectivity index (χ3v) is 5.46. The van der Waals surface area contributed by atoms with Crippen molar-refractivity contribution in [3.8, 4) is 0 Å². The first-order valence-electron chi connectivity index (χ1n) is 10.2. The monoisotopic (exact) mass is 399 g/mol. The average Bonchev–Trinajstić information content (AvgIpc) is 2.68. The van der Waals surface area contributed by atoms with Crippen LogP contribution >= 0.6 is 0 Å². The van der Waals surface area contributed by atoms with Crippen LogP contribution in [0.25, 0.3) is 0 Å². The number of carbonyl (C=O) groups is 1. The summed E-state index contributed by atoms with van der Waals surface area (Å²) in [5.41, 5.74) is 1.83. The Morgan fingerprint density at radius 2 is 1.79 bits per heavy atom. The van der Waals surface area contributed by atoms with Crippen LogP contribution in [0.1, 0.15) is 49.9 Å². The van der Waals surface area contributed by atoms with Gasteiger partial charge in [0.2, 0.25) is 11.9 Å². The van der Waals surface area contributed by atoms with Gasteiger partial charge in [-0.15, -0.1) is 0 Å². The van der Waals surface area contributed by atoms with Gasteiger partial charge < -0.3 is 15.5 Å². The van der Waals surface area contributed by atoms with E-state index in [1.54, 1.807) is 12.1 Å². The maximum absolute atomic E-state index is 13.1. The molecule has 156 valence electrons. The minimum absolute atomic E-state index is 0.00622. The molecular weight excluding hydrogens is 369 g/mol. The molecular formula is C22H30FN5O. The van der Waals surface area contributed by atoms with E-state index in [9.17, 15) is 9.18 Å². The SMILES string of the molecule is Cc1cc(N(C)C)nc(N[C@H]2CC[C@@H](C(=O)N[C@H](C)c3ccc(F)cc3)CC2)n1. The lowest BCUT2D eigenvalue weighted by atomic mass is 9.85. The molecule has 29 heavy (non-hydrogen) atoms. The van der Waals surface area contributed by atoms with Crippen molar-refractivity contribution in [2.45, 2.75) is 51.6 Å². The maximum atomic E-state index is 13.1. The average molecular weight is 400 g/mol. The molecule has 1 aromatic heterocycles. The number of halogens is 1. The Morgan fingerprint density at radius 1 is 1.14 bits per heavy atom. The third kappa shape index (κ3) is 5.65. The van der Waals surface area contributed by atoms with E-state index in [0.717, 1.165) is 42.8 Å². The highest BCUT2D eigenvalue weighted by atomic mass is 19.1. The molecule has 0 bridgehead atoms. The van der Waals surface area contributed by atoms with Crippen LogP contribution < -0.4 is 15.5 Å². The number of nitrogens with zero attached hydrogens (tertiary/aromatic N) is 3. The number of nitrogens with one attached hydrogen (secondary N) is 2. The van der Waals surface area contributed by atoms with Crippen molar-refractivity contribution in [2.75, 3.05) is 24.3 Å². The molecule has 7 heteroatoms. The Kier molecular flexibility index (Phi) is 6.67. The largest absolute Gasteiger partial charge is 0.363 e. The van der Waals surface area contributed by atoms with Crippen molar-refractivity contribution in [2.24, 2.45) is 5.92 Å². The molecule has 0 saturated heterocycles. The van der Waals surface area contributed by atoms with Gasteiger partial charge in [0.1, 0.15) is 11.6 Å². The summed E-state index contributed by atoms with van der Waals surface area (Å²) in [4.78, 5) is 23.7. The predicted molar refractivity (Wildman–Crippen MR) is 113 cm³/mol. The lowest BCUT2D eigenvalue weighted by Gasteiger charge is -2.29. The van der Waals surface area contributed by atoms with Crippen molar-refractivity contribution < 1.29 is 9.18 Å². The maximum Gasteiger partial charge on any atom is 0.225 e. The summed E-state index contributed by atoms with van der Waals surface area (Å²) in [5.74, 6) is 1.33. The quantitative estimate of drug-likeness (QED) is 0.772. The summed E-state index contributed by atoms with van der Waals surface area (Å²) in [6.07, 6.45) is 3.45. The summed E-state index contributed by atoms with van der Waals surface area (Å²) in [5, 5.41) is 6.50. The van der Waals surface area contributed by atoms with Crippen LogP contribution in [0, 0.1) is 18.7 Å². The number of anilines is 2. The molecule has 2 aromatic rings. The van der Waals surface area contributed by atoms with Crippen LogP contribution in [0.15, 0.2) is 30.3 Å². The Bertz CT molecular complexity index is 832. The van der Waals surface area contributed by atoms with Gasteiger partial charge >= 0.3 is 0 Å². The van der Waals surface area contributed by atoms with E-state index in [1.807, 2.05) is 38.9 Å².